The third-order valence-corrected chi connectivity index (χ3v) is 5.61. The summed E-state index contributed by atoms with van der Waals surface area (Å²) in [5, 5.41) is 11.5. The van der Waals surface area contributed by atoms with Crippen molar-refractivity contribution in [1.82, 2.24) is 0 Å². The van der Waals surface area contributed by atoms with Gasteiger partial charge in [0.1, 0.15) is 11.6 Å². The maximum Gasteiger partial charge on any atom is 0.300 e. The number of Topliss-reactive ketones (excluding diaryl/α,β-unsaturated/α-hetero) is 1. The summed E-state index contributed by atoms with van der Waals surface area (Å²) in [4.78, 5) is 27.5. The lowest BCUT2D eigenvalue weighted by atomic mass is 9.95. The number of nitrogens with zero attached hydrogens (tertiary/aromatic N) is 1. The zero-order chi connectivity index (χ0) is 23.7. The number of ketones is 1. The molecule has 1 saturated heterocycles. The van der Waals surface area contributed by atoms with Gasteiger partial charge in [0.25, 0.3) is 11.7 Å². The van der Waals surface area contributed by atoms with Crippen LogP contribution < -0.4 is 14.4 Å². The predicted molar refractivity (Wildman–Crippen MR) is 122 cm³/mol. The molecular formula is C25H19ClFNO5. The summed E-state index contributed by atoms with van der Waals surface area (Å²) in [7, 11) is 2.92. The molecule has 0 saturated carbocycles. The van der Waals surface area contributed by atoms with Crippen LogP contribution in [0.3, 0.4) is 0 Å². The summed E-state index contributed by atoms with van der Waals surface area (Å²) in [6.45, 7) is 0. The lowest BCUT2D eigenvalue weighted by Crippen LogP contribution is -2.29. The average molecular weight is 468 g/mol. The number of anilines is 1. The van der Waals surface area contributed by atoms with Crippen molar-refractivity contribution in [3.05, 3.63) is 94.3 Å². The van der Waals surface area contributed by atoms with E-state index < -0.39 is 29.3 Å². The highest BCUT2D eigenvalue weighted by Crippen LogP contribution is 2.43. The second-order valence-electron chi connectivity index (χ2n) is 7.27. The number of halogens is 2. The van der Waals surface area contributed by atoms with E-state index in [2.05, 4.69) is 0 Å². The highest BCUT2D eigenvalue weighted by Gasteiger charge is 2.47. The van der Waals surface area contributed by atoms with Gasteiger partial charge < -0.3 is 14.6 Å². The van der Waals surface area contributed by atoms with Crippen LogP contribution >= 0.6 is 11.6 Å². The molecule has 0 spiro atoms. The molecule has 1 heterocycles. The van der Waals surface area contributed by atoms with Gasteiger partial charge in [0, 0.05) is 16.3 Å². The van der Waals surface area contributed by atoms with Crippen molar-refractivity contribution < 1.29 is 28.6 Å². The number of hydrogen-bond acceptors (Lipinski definition) is 5. The van der Waals surface area contributed by atoms with Gasteiger partial charge in [-0.3, -0.25) is 14.5 Å². The number of carbonyl (C=O) groups is 2. The maximum absolute atomic E-state index is 13.6. The van der Waals surface area contributed by atoms with Crippen molar-refractivity contribution in [3.8, 4) is 11.5 Å². The van der Waals surface area contributed by atoms with Crippen LogP contribution in [0.2, 0.25) is 5.02 Å². The zero-order valence-corrected chi connectivity index (χ0v) is 18.5. The molecule has 8 heteroatoms. The van der Waals surface area contributed by atoms with E-state index in [-0.39, 0.29) is 11.1 Å². The fraction of sp³-hybridized carbons (Fsp3) is 0.120. The van der Waals surface area contributed by atoms with Crippen molar-refractivity contribution in [1.29, 1.82) is 0 Å². The molecule has 1 atom stereocenters. The molecule has 1 fully saturated rings. The van der Waals surface area contributed by atoms with Crippen molar-refractivity contribution in [3.63, 3.8) is 0 Å². The van der Waals surface area contributed by atoms with E-state index in [1.807, 2.05) is 0 Å². The number of aliphatic hydroxyl groups excluding tert-OH is 1. The standard InChI is InChI=1S/C25H19ClFNO5/c1-32-19-11-8-15(12-20(19)33-2)23(29)21-22(14-6-9-17(27)10-7-14)28(25(31)24(21)30)18-5-3-4-16(26)13-18/h3-13,22,29H,1-2H3/b23-21+. The molecule has 0 aromatic heterocycles. The molecule has 6 nitrogen and oxygen atoms in total. The number of amides is 1. The largest absolute Gasteiger partial charge is 0.507 e. The van der Waals surface area contributed by atoms with Gasteiger partial charge in [-0.05, 0) is 54.1 Å². The van der Waals surface area contributed by atoms with E-state index in [4.69, 9.17) is 21.1 Å². The molecule has 1 N–H and O–H groups in total. The molecule has 0 aliphatic carbocycles. The lowest BCUT2D eigenvalue weighted by molar-refractivity contribution is -0.132. The normalized spacial score (nSPS) is 17.3. The Kier molecular flexibility index (Phi) is 6.07. The van der Waals surface area contributed by atoms with Gasteiger partial charge in [-0.25, -0.2) is 4.39 Å². The molecule has 1 unspecified atom stereocenters. The molecule has 1 aliphatic heterocycles. The van der Waals surface area contributed by atoms with Gasteiger partial charge in [-0.15, -0.1) is 0 Å². The van der Waals surface area contributed by atoms with Crippen molar-refractivity contribution in [2.45, 2.75) is 6.04 Å². The van der Waals surface area contributed by atoms with Crippen LogP contribution in [0.25, 0.3) is 5.76 Å². The van der Waals surface area contributed by atoms with Crippen LogP contribution in [0, 0.1) is 5.82 Å². The second kappa shape index (κ2) is 8.96. The first kappa shape index (κ1) is 22.4. The third kappa shape index (κ3) is 4.03. The van der Waals surface area contributed by atoms with Crippen LogP contribution in [0.15, 0.2) is 72.3 Å². The Labute approximate surface area is 194 Å². The van der Waals surface area contributed by atoms with Crippen molar-refractivity contribution >= 4 is 34.7 Å². The molecule has 0 radical (unpaired) electrons. The number of rotatable bonds is 5. The second-order valence-corrected chi connectivity index (χ2v) is 7.71. The third-order valence-electron chi connectivity index (χ3n) is 5.37. The first-order valence-electron chi connectivity index (χ1n) is 9.90. The monoisotopic (exact) mass is 467 g/mol. The minimum atomic E-state index is -1.00. The minimum Gasteiger partial charge on any atom is -0.507 e. The molecule has 0 bridgehead atoms. The average Bonchev–Trinajstić information content (AvgIpc) is 3.09. The Hall–Kier alpha value is -3.84. The molecule has 4 rings (SSSR count). The molecule has 33 heavy (non-hydrogen) atoms. The van der Waals surface area contributed by atoms with Crippen LogP contribution in [0.4, 0.5) is 10.1 Å². The van der Waals surface area contributed by atoms with Gasteiger partial charge in [-0.2, -0.15) is 0 Å². The minimum absolute atomic E-state index is 0.140. The summed E-state index contributed by atoms with van der Waals surface area (Å²) in [5.41, 5.74) is 0.922. The number of ether oxygens (including phenoxy) is 2. The number of aliphatic hydroxyl groups is 1. The summed E-state index contributed by atoms with van der Waals surface area (Å²) < 4.78 is 24.1. The highest BCUT2D eigenvalue weighted by atomic mass is 35.5. The lowest BCUT2D eigenvalue weighted by Gasteiger charge is -2.25. The van der Waals surface area contributed by atoms with E-state index in [1.165, 1.54) is 49.5 Å². The van der Waals surface area contributed by atoms with E-state index in [1.54, 1.807) is 36.4 Å². The Balaban J connectivity index is 1.94. The van der Waals surface area contributed by atoms with E-state index in [0.717, 1.165) is 0 Å². The van der Waals surface area contributed by atoms with Gasteiger partial charge in [0.15, 0.2) is 11.5 Å². The molecule has 3 aromatic rings. The smallest absolute Gasteiger partial charge is 0.300 e. The Morgan fingerprint density at radius 3 is 2.30 bits per heavy atom. The first-order chi connectivity index (χ1) is 15.8. The Morgan fingerprint density at radius 2 is 1.67 bits per heavy atom. The van der Waals surface area contributed by atoms with Crippen LogP contribution in [0.5, 0.6) is 11.5 Å². The fourth-order valence-corrected chi connectivity index (χ4v) is 4.01. The SMILES string of the molecule is COc1ccc(/C(O)=C2\C(=O)C(=O)N(c3cccc(Cl)c3)C2c2ccc(F)cc2)cc1OC. The molecule has 1 amide bonds. The number of benzene rings is 3. The van der Waals surface area contributed by atoms with E-state index >= 15 is 0 Å². The zero-order valence-electron chi connectivity index (χ0n) is 17.7. The summed E-state index contributed by atoms with van der Waals surface area (Å²) in [6.07, 6.45) is 0. The van der Waals surface area contributed by atoms with Crippen LogP contribution in [0.1, 0.15) is 17.2 Å². The number of carbonyl (C=O) groups excluding carboxylic acids is 2. The van der Waals surface area contributed by atoms with Crippen LogP contribution in [-0.2, 0) is 9.59 Å². The van der Waals surface area contributed by atoms with Gasteiger partial charge in [-0.1, -0.05) is 29.8 Å². The predicted octanol–water partition coefficient (Wildman–Crippen LogP) is 5.12. The number of methoxy groups -OCH3 is 2. The van der Waals surface area contributed by atoms with Crippen LogP contribution in [-0.4, -0.2) is 31.0 Å². The summed E-state index contributed by atoms with van der Waals surface area (Å²) in [6, 6.07) is 15.5. The summed E-state index contributed by atoms with van der Waals surface area (Å²) >= 11 is 6.12. The quantitative estimate of drug-likeness (QED) is 0.320. The maximum atomic E-state index is 13.6. The Morgan fingerprint density at radius 1 is 0.970 bits per heavy atom. The summed E-state index contributed by atoms with van der Waals surface area (Å²) in [5.74, 6) is -1.82. The molecule has 168 valence electrons. The molecule has 1 aliphatic rings. The van der Waals surface area contributed by atoms with Gasteiger partial charge >= 0.3 is 0 Å². The topological polar surface area (TPSA) is 76.1 Å². The van der Waals surface area contributed by atoms with E-state index in [0.29, 0.717) is 27.8 Å². The van der Waals surface area contributed by atoms with Gasteiger partial charge in [0.2, 0.25) is 0 Å². The molecular weight excluding hydrogens is 449 g/mol. The van der Waals surface area contributed by atoms with Crippen molar-refractivity contribution in [2.24, 2.45) is 0 Å². The highest BCUT2D eigenvalue weighted by molar-refractivity contribution is 6.51. The Bertz CT molecular complexity index is 1270. The first-order valence-corrected chi connectivity index (χ1v) is 10.3. The van der Waals surface area contributed by atoms with Crippen molar-refractivity contribution in [2.75, 3.05) is 19.1 Å². The van der Waals surface area contributed by atoms with E-state index in [9.17, 15) is 19.1 Å². The molecule has 3 aromatic carbocycles. The van der Waals surface area contributed by atoms with Gasteiger partial charge in [0.05, 0.1) is 25.8 Å². The number of hydrogen-bond donors (Lipinski definition) is 1. The fourth-order valence-electron chi connectivity index (χ4n) is 3.82.